The van der Waals surface area contributed by atoms with Crippen LogP contribution in [0.15, 0.2) is 70.1 Å². The Balaban J connectivity index is 1.65. The number of hydrogen-bond donors (Lipinski definition) is 1. The molecule has 0 saturated heterocycles. The average molecular weight is 421 g/mol. The van der Waals surface area contributed by atoms with Crippen LogP contribution in [0.4, 0.5) is 5.69 Å². The average Bonchev–Trinajstić information content (AvgIpc) is 2.99. The van der Waals surface area contributed by atoms with Crippen LogP contribution in [0.1, 0.15) is 57.4 Å². The normalized spacial score (nSPS) is 17.9. The third kappa shape index (κ3) is 4.31. The lowest BCUT2D eigenvalue weighted by molar-refractivity contribution is -0.120. The second kappa shape index (κ2) is 9.09. The lowest BCUT2D eigenvalue weighted by atomic mass is 9.95. The fourth-order valence-electron chi connectivity index (χ4n) is 4.03. The molecule has 0 unspecified atom stereocenters. The van der Waals surface area contributed by atoms with Gasteiger partial charge in [0.2, 0.25) is 0 Å². The fourth-order valence-corrected chi connectivity index (χ4v) is 4.99. The second-order valence-electron chi connectivity index (χ2n) is 8.29. The van der Waals surface area contributed by atoms with E-state index in [1.165, 1.54) is 28.6 Å². The van der Waals surface area contributed by atoms with E-state index in [0.717, 1.165) is 30.6 Å². The molecule has 0 atom stereocenters. The van der Waals surface area contributed by atoms with Crippen LogP contribution >= 0.6 is 11.8 Å². The Morgan fingerprint density at radius 2 is 1.57 bits per heavy atom. The van der Waals surface area contributed by atoms with E-state index >= 15 is 0 Å². The van der Waals surface area contributed by atoms with Crippen molar-refractivity contribution in [1.82, 2.24) is 5.32 Å². The summed E-state index contributed by atoms with van der Waals surface area (Å²) in [6.07, 6.45) is 5.64. The van der Waals surface area contributed by atoms with Gasteiger partial charge in [0.1, 0.15) is 10.6 Å². The number of thioether (sulfide) groups is 1. The number of nitrogens with one attached hydrogen (secondary N) is 1. The summed E-state index contributed by atoms with van der Waals surface area (Å²) in [6.45, 7) is 4.26. The summed E-state index contributed by atoms with van der Waals surface area (Å²) in [4.78, 5) is 29.5. The van der Waals surface area contributed by atoms with Gasteiger partial charge in [-0.3, -0.25) is 9.59 Å². The van der Waals surface area contributed by atoms with E-state index in [9.17, 15) is 9.59 Å². The molecule has 1 saturated carbocycles. The van der Waals surface area contributed by atoms with Gasteiger partial charge in [-0.05, 0) is 48.6 Å². The van der Waals surface area contributed by atoms with Gasteiger partial charge in [-0.25, -0.2) is 4.90 Å². The molecule has 156 valence electrons. The number of rotatable bonds is 6. The minimum atomic E-state index is -0.249. The predicted octanol–water partition coefficient (Wildman–Crippen LogP) is 5.61. The van der Waals surface area contributed by atoms with Gasteiger partial charge < -0.3 is 5.32 Å². The Morgan fingerprint density at radius 3 is 2.20 bits per heavy atom. The first-order valence-electron chi connectivity index (χ1n) is 10.8. The van der Waals surface area contributed by atoms with E-state index < -0.39 is 0 Å². The van der Waals surface area contributed by atoms with E-state index in [1.807, 2.05) is 54.6 Å². The van der Waals surface area contributed by atoms with Crippen molar-refractivity contribution < 1.29 is 9.59 Å². The van der Waals surface area contributed by atoms with Gasteiger partial charge in [0.25, 0.3) is 11.8 Å². The van der Waals surface area contributed by atoms with Crippen molar-refractivity contribution in [2.45, 2.75) is 62.8 Å². The summed E-state index contributed by atoms with van der Waals surface area (Å²) in [5, 5.41) is 3.44. The largest absolute Gasteiger partial charge is 0.377 e. The van der Waals surface area contributed by atoms with E-state index in [4.69, 9.17) is 0 Å². The lowest BCUT2D eigenvalue weighted by Gasteiger charge is -2.24. The molecular weight excluding hydrogens is 392 g/mol. The maximum Gasteiger partial charge on any atom is 0.282 e. The second-order valence-corrected chi connectivity index (χ2v) is 9.37. The first-order chi connectivity index (χ1) is 14.5. The molecular formula is C25H28N2O2S. The molecule has 4 rings (SSSR count). The van der Waals surface area contributed by atoms with Crippen molar-refractivity contribution >= 4 is 29.3 Å². The van der Waals surface area contributed by atoms with Gasteiger partial charge in [0.05, 0.1) is 5.69 Å². The molecule has 30 heavy (non-hydrogen) atoms. The third-order valence-electron chi connectivity index (χ3n) is 5.78. The quantitative estimate of drug-likeness (QED) is 0.617. The van der Waals surface area contributed by atoms with Crippen molar-refractivity contribution in [3.05, 3.63) is 70.8 Å². The highest BCUT2D eigenvalue weighted by Gasteiger charge is 2.40. The first kappa shape index (κ1) is 20.7. The Bertz CT molecular complexity index is 945. The van der Waals surface area contributed by atoms with Gasteiger partial charge in [-0.1, -0.05) is 75.2 Å². The smallest absolute Gasteiger partial charge is 0.282 e. The SMILES string of the molecule is CC(C)c1ccc(N2C(=O)C(NC3CCCCC3)=C(Sc3ccccc3)C2=O)cc1. The fraction of sp³-hybridized carbons (Fsp3) is 0.360. The van der Waals surface area contributed by atoms with Crippen LogP contribution in [0.3, 0.4) is 0 Å². The molecule has 2 aliphatic rings. The summed E-state index contributed by atoms with van der Waals surface area (Å²) in [5.41, 5.74) is 2.26. The van der Waals surface area contributed by atoms with Crippen LogP contribution in [0, 0.1) is 0 Å². The van der Waals surface area contributed by atoms with Crippen molar-refractivity contribution in [3.63, 3.8) is 0 Å². The van der Waals surface area contributed by atoms with Crippen molar-refractivity contribution in [3.8, 4) is 0 Å². The monoisotopic (exact) mass is 420 g/mol. The van der Waals surface area contributed by atoms with E-state index in [2.05, 4.69) is 19.2 Å². The molecule has 1 aliphatic carbocycles. The predicted molar refractivity (Wildman–Crippen MR) is 122 cm³/mol. The zero-order valence-corrected chi connectivity index (χ0v) is 18.4. The number of carbonyl (C=O) groups is 2. The highest BCUT2D eigenvalue weighted by Crippen LogP contribution is 2.37. The topological polar surface area (TPSA) is 49.4 Å². The minimum Gasteiger partial charge on any atom is -0.377 e. The molecule has 2 aromatic carbocycles. The molecule has 2 amide bonds. The van der Waals surface area contributed by atoms with E-state index in [0.29, 0.717) is 22.2 Å². The van der Waals surface area contributed by atoms with Gasteiger partial charge in [0, 0.05) is 10.9 Å². The van der Waals surface area contributed by atoms with Crippen LogP contribution in [-0.4, -0.2) is 17.9 Å². The number of carbonyl (C=O) groups excluding carboxylic acids is 2. The summed E-state index contributed by atoms with van der Waals surface area (Å²) in [6, 6.07) is 17.8. The van der Waals surface area contributed by atoms with Crippen LogP contribution in [0.25, 0.3) is 0 Å². The highest BCUT2D eigenvalue weighted by atomic mass is 32.2. The van der Waals surface area contributed by atoms with Crippen molar-refractivity contribution in [2.75, 3.05) is 4.90 Å². The van der Waals surface area contributed by atoms with Crippen LogP contribution in [-0.2, 0) is 9.59 Å². The summed E-state index contributed by atoms with van der Waals surface area (Å²) >= 11 is 1.37. The van der Waals surface area contributed by atoms with Crippen LogP contribution in [0.5, 0.6) is 0 Å². The first-order valence-corrected chi connectivity index (χ1v) is 11.6. The van der Waals surface area contributed by atoms with Crippen molar-refractivity contribution in [2.24, 2.45) is 0 Å². The van der Waals surface area contributed by atoms with Crippen LogP contribution in [0.2, 0.25) is 0 Å². The Hall–Kier alpha value is -2.53. The van der Waals surface area contributed by atoms with E-state index in [-0.39, 0.29) is 17.9 Å². The molecule has 1 N–H and O–H groups in total. The Morgan fingerprint density at radius 1 is 0.900 bits per heavy atom. The molecule has 4 nitrogen and oxygen atoms in total. The number of amides is 2. The minimum absolute atomic E-state index is 0.246. The zero-order valence-electron chi connectivity index (χ0n) is 17.6. The summed E-state index contributed by atoms with van der Waals surface area (Å²) in [5.74, 6) is -0.0966. The number of hydrogen-bond acceptors (Lipinski definition) is 4. The van der Waals surface area contributed by atoms with E-state index in [1.54, 1.807) is 0 Å². The number of nitrogens with zero attached hydrogens (tertiary/aromatic N) is 1. The third-order valence-corrected chi connectivity index (χ3v) is 6.87. The van der Waals surface area contributed by atoms with Crippen molar-refractivity contribution in [1.29, 1.82) is 0 Å². The van der Waals surface area contributed by atoms with Gasteiger partial charge >= 0.3 is 0 Å². The summed E-state index contributed by atoms with van der Waals surface area (Å²) in [7, 11) is 0. The number of benzene rings is 2. The number of imide groups is 1. The zero-order chi connectivity index (χ0) is 21.1. The lowest BCUT2D eigenvalue weighted by Crippen LogP contribution is -2.37. The molecule has 0 aromatic heterocycles. The van der Waals surface area contributed by atoms with Crippen LogP contribution < -0.4 is 10.2 Å². The number of anilines is 1. The standard InChI is InChI=1S/C25H28N2O2S/c1-17(2)18-13-15-20(16-14-18)27-24(28)22(26-19-9-5-3-6-10-19)23(25(27)29)30-21-11-7-4-8-12-21/h4,7-8,11-17,19,26H,3,5-6,9-10H2,1-2H3. The Labute approximate surface area is 182 Å². The molecule has 0 bridgehead atoms. The summed E-state index contributed by atoms with van der Waals surface area (Å²) < 4.78 is 0. The molecule has 5 heteroatoms. The molecule has 1 fully saturated rings. The van der Waals surface area contributed by atoms with Gasteiger partial charge in [-0.15, -0.1) is 0 Å². The molecule has 0 radical (unpaired) electrons. The molecule has 0 spiro atoms. The van der Waals surface area contributed by atoms with Gasteiger partial charge in [0.15, 0.2) is 0 Å². The highest BCUT2D eigenvalue weighted by molar-refractivity contribution is 8.04. The Kier molecular flexibility index (Phi) is 6.28. The molecule has 1 aliphatic heterocycles. The van der Waals surface area contributed by atoms with Gasteiger partial charge in [-0.2, -0.15) is 0 Å². The maximum absolute atomic E-state index is 13.4. The molecule has 2 aromatic rings. The maximum atomic E-state index is 13.4. The molecule has 1 heterocycles.